The average molecular weight is 524 g/mol. The second kappa shape index (κ2) is 13.7. The van der Waals surface area contributed by atoms with Crippen LogP contribution in [-0.4, -0.2) is 55.6 Å². The molecular weight excluding hydrogens is 486 g/mol. The first-order valence-electron chi connectivity index (χ1n) is 12.4. The van der Waals surface area contributed by atoms with Crippen molar-refractivity contribution in [3.8, 4) is 11.5 Å². The van der Waals surface area contributed by atoms with Gasteiger partial charge < -0.3 is 24.6 Å². The van der Waals surface area contributed by atoms with Gasteiger partial charge in [-0.05, 0) is 66.1 Å². The lowest BCUT2D eigenvalue weighted by molar-refractivity contribution is -0.132. The normalized spacial score (nSPS) is 10.8. The summed E-state index contributed by atoms with van der Waals surface area (Å²) in [4.78, 5) is 31.3. The zero-order valence-corrected chi connectivity index (χ0v) is 23.1. The minimum absolute atomic E-state index is 0.00715. The molecule has 0 spiro atoms. The Bertz CT molecular complexity index is 1160. The van der Waals surface area contributed by atoms with Crippen LogP contribution in [-0.2, 0) is 17.8 Å². The molecule has 1 heterocycles. The lowest BCUT2D eigenvalue weighted by atomic mass is 10.1. The van der Waals surface area contributed by atoms with Gasteiger partial charge in [-0.25, -0.2) is 4.79 Å². The number of urea groups is 1. The topological polar surface area (TPSA) is 71.1 Å². The van der Waals surface area contributed by atoms with Gasteiger partial charge in [-0.1, -0.05) is 38.1 Å². The standard InChI is InChI=1S/C29H37N3O4S/c1-21(2)18-32(29(34)30-24-9-7-6-8-10-24)20-28(33)31(19-27-22(3)14-16-37-27)15-13-23-11-12-25(35-4)26(17-23)36-5/h6-12,14,16-17,21H,13,15,18-20H2,1-5H3,(H,30,34). The number of nitrogens with one attached hydrogen (secondary N) is 1. The minimum Gasteiger partial charge on any atom is -0.493 e. The van der Waals surface area contributed by atoms with Gasteiger partial charge in [0.25, 0.3) is 0 Å². The fraction of sp³-hybridized carbons (Fsp3) is 0.379. The molecule has 3 rings (SSSR count). The first kappa shape index (κ1) is 28.1. The summed E-state index contributed by atoms with van der Waals surface area (Å²) in [6.07, 6.45) is 0.650. The summed E-state index contributed by atoms with van der Waals surface area (Å²) in [5.41, 5.74) is 2.90. The van der Waals surface area contributed by atoms with Gasteiger partial charge in [0, 0.05) is 23.7 Å². The van der Waals surface area contributed by atoms with Crippen LogP contribution in [0.3, 0.4) is 0 Å². The third-order valence-electron chi connectivity index (χ3n) is 6.00. The van der Waals surface area contributed by atoms with E-state index in [2.05, 4.69) is 18.3 Å². The highest BCUT2D eigenvalue weighted by molar-refractivity contribution is 7.10. The van der Waals surface area contributed by atoms with Crippen molar-refractivity contribution in [3.63, 3.8) is 0 Å². The molecule has 0 aliphatic rings. The Labute approximate surface area is 224 Å². The van der Waals surface area contributed by atoms with Gasteiger partial charge in [-0.2, -0.15) is 0 Å². The van der Waals surface area contributed by atoms with Crippen LogP contribution in [0.25, 0.3) is 0 Å². The highest BCUT2D eigenvalue weighted by Gasteiger charge is 2.23. The van der Waals surface area contributed by atoms with Crippen LogP contribution in [0.5, 0.6) is 11.5 Å². The van der Waals surface area contributed by atoms with Crippen molar-refractivity contribution in [1.82, 2.24) is 9.80 Å². The van der Waals surface area contributed by atoms with E-state index in [0.29, 0.717) is 43.2 Å². The third-order valence-corrected chi connectivity index (χ3v) is 7.01. The fourth-order valence-corrected chi connectivity index (χ4v) is 4.90. The molecule has 1 aromatic heterocycles. The first-order valence-corrected chi connectivity index (χ1v) is 13.3. The number of ether oxygens (including phenoxy) is 2. The molecule has 0 saturated carbocycles. The lowest BCUT2D eigenvalue weighted by Gasteiger charge is -2.29. The van der Waals surface area contributed by atoms with Gasteiger partial charge in [0.2, 0.25) is 5.91 Å². The lowest BCUT2D eigenvalue weighted by Crippen LogP contribution is -2.46. The van der Waals surface area contributed by atoms with E-state index in [1.165, 1.54) is 0 Å². The summed E-state index contributed by atoms with van der Waals surface area (Å²) in [7, 11) is 3.22. The number of nitrogens with zero attached hydrogens (tertiary/aromatic N) is 2. The molecule has 3 amide bonds. The van der Waals surface area contributed by atoms with Gasteiger partial charge in [-0.3, -0.25) is 4.79 Å². The number of carbonyl (C=O) groups is 2. The number of hydrogen-bond acceptors (Lipinski definition) is 5. The van der Waals surface area contributed by atoms with Crippen LogP contribution >= 0.6 is 11.3 Å². The summed E-state index contributed by atoms with van der Waals surface area (Å²) < 4.78 is 10.8. The first-order chi connectivity index (χ1) is 17.8. The van der Waals surface area contributed by atoms with Gasteiger partial charge in [-0.15, -0.1) is 11.3 Å². The van der Waals surface area contributed by atoms with Crippen molar-refractivity contribution in [1.29, 1.82) is 0 Å². The van der Waals surface area contributed by atoms with E-state index in [-0.39, 0.29) is 24.4 Å². The van der Waals surface area contributed by atoms with Crippen molar-refractivity contribution >= 4 is 29.0 Å². The maximum Gasteiger partial charge on any atom is 0.322 e. The fourth-order valence-electron chi connectivity index (χ4n) is 3.98. The molecular formula is C29H37N3O4S. The maximum atomic E-state index is 13.6. The molecule has 7 nitrogen and oxygen atoms in total. The van der Waals surface area contributed by atoms with Crippen molar-refractivity contribution in [3.05, 3.63) is 76.0 Å². The van der Waals surface area contributed by atoms with Crippen molar-refractivity contribution in [2.24, 2.45) is 5.92 Å². The number of anilines is 1. The van der Waals surface area contributed by atoms with Crippen LogP contribution in [0.4, 0.5) is 10.5 Å². The van der Waals surface area contributed by atoms with Crippen molar-refractivity contribution in [2.45, 2.75) is 33.7 Å². The molecule has 0 atom stereocenters. The molecule has 0 bridgehead atoms. The SMILES string of the molecule is COc1ccc(CCN(Cc2sccc2C)C(=O)CN(CC(C)C)C(=O)Nc2ccccc2)cc1OC. The summed E-state index contributed by atoms with van der Waals surface area (Å²) in [5, 5.41) is 4.96. The Morgan fingerprint density at radius 1 is 0.973 bits per heavy atom. The number of rotatable bonds is 12. The summed E-state index contributed by atoms with van der Waals surface area (Å²) in [5.74, 6) is 1.46. The molecule has 0 fully saturated rings. The quantitative estimate of drug-likeness (QED) is 0.324. The Balaban J connectivity index is 1.76. The number of methoxy groups -OCH3 is 2. The van der Waals surface area contributed by atoms with Crippen molar-refractivity contribution in [2.75, 3.05) is 39.2 Å². The second-order valence-corrected chi connectivity index (χ2v) is 10.4. The molecule has 0 unspecified atom stereocenters. The number of benzene rings is 2. The Morgan fingerprint density at radius 3 is 2.32 bits per heavy atom. The van der Waals surface area contributed by atoms with Crippen LogP contribution in [0.2, 0.25) is 0 Å². The molecule has 37 heavy (non-hydrogen) atoms. The molecule has 0 radical (unpaired) electrons. The van der Waals surface area contributed by atoms with E-state index < -0.39 is 0 Å². The Hall–Kier alpha value is -3.52. The van der Waals surface area contributed by atoms with Crippen LogP contribution < -0.4 is 14.8 Å². The molecule has 0 aliphatic heterocycles. The summed E-state index contributed by atoms with van der Waals surface area (Å²) in [6, 6.07) is 16.9. The average Bonchev–Trinajstić information content (AvgIpc) is 3.30. The van der Waals surface area contributed by atoms with E-state index in [4.69, 9.17) is 9.47 Å². The molecule has 3 aromatic rings. The molecule has 0 aliphatic carbocycles. The predicted molar refractivity (Wildman–Crippen MR) is 150 cm³/mol. The number of aryl methyl sites for hydroxylation is 1. The van der Waals surface area contributed by atoms with E-state index >= 15 is 0 Å². The van der Waals surface area contributed by atoms with Crippen LogP contribution in [0.15, 0.2) is 60.0 Å². The zero-order valence-electron chi connectivity index (χ0n) is 22.3. The van der Waals surface area contributed by atoms with E-state index in [9.17, 15) is 9.59 Å². The number of amides is 3. The predicted octanol–water partition coefficient (Wildman–Crippen LogP) is 5.84. The van der Waals surface area contributed by atoms with Gasteiger partial charge in [0.15, 0.2) is 11.5 Å². The highest BCUT2D eigenvalue weighted by Crippen LogP contribution is 2.28. The van der Waals surface area contributed by atoms with Gasteiger partial charge in [0.1, 0.15) is 6.54 Å². The molecule has 1 N–H and O–H groups in total. The van der Waals surface area contributed by atoms with E-state index in [1.807, 2.05) is 72.7 Å². The molecule has 8 heteroatoms. The molecule has 0 saturated heterocycles. The number of para-hydroxylation sites is 1. The maximum absolute atomic E-state index is 13.6. The zero-order chi connectivity index (χ0) is 26.8. The second-order valence-electron chi connectivity index (χ2n) is 9.35. The summed E-state index contributed by atoms with van der Waals surface area (Å²) in [6.45, 7) is 7.64. The van der Waals surface area contributed by atoms with Crippen molar-refractivity contribution < 1.29 is 19.1 Å². The smallest absolute Gasteiger partial charge is 0.322 e. The van der Waals surface area contributed by atoms with Crippen LogP contribution in [0.1, 0.15) is 29.9 Å². The summed E-state index contributed by atoms with van der Waals surface area (Å²) >= 11 is 1.64. The van der Waals surface area contributed by atoms with E-state index in [0.717, 1.165) is 16.0 Å². The largest absolute Gasteiger partial charge is 0.493 e. The molecule has 198 valence electrons. The minimum atomic E-state index is -0.277. The number of hydrogen-bond donors (Lipinski definition) is 1. The Kier molecular flexibility index (Phi) is 10.4. The molecule has 2 aromatic carbocycles. The number of carbonyl (C=O) groups excluding carboxylic acids is 2. The Morgan fingerprint density at radius 2 is 1.70 bits per heavy atom. The van der Waals surface area contributed by atoms with Gasteiger partial charge in [0.05, 0.1) is 20.8 Å². The monoisotopic (exact) mass is 523 g/mol. The number of thiophene rings is 1. The van der Waals surface area contributed by atoms with Crippen LogP contribution in [0, 0.1) is 12.8 Å². The van der Waals surface area contributed by atoms with Gasteiger partial charge >= 0.3 is 6.03 Å². The van der Waals surface area contributed by atoms with E-state index in [1.54, 1.807) is 30.5 Å². The highest BCUT2D eigenvalue weighted by atomic mass is 32.1. The third kappa shape index (κ3) is 8.25.